The van der Waals surface area contributed by atoms with Crippen molar-refractivity contribution in [2.75, 3.05) is 12.4 Å². The van der Waals surface area contributed by atoms with Crippen molar-refractivity contribution in [3.05, 3.63) is 51.7 Å². The number of rotatable bonds is 2. The van der Waals surface area contributed by atoms with Crippen molar-refractivity contribution in [1.29, 1.82) is 0 Å². The Morgan fingerprint density at radius 3 is 2.52 bits per heavy atom. The van der Waals surface area contributed by atoms with Crippen molar-refractivity contribution in [2.45, 2.75) is 0 Å². The second-order valence-corrected chi connectivity index (χ2v) is 5.65. The highest BCUT2D eigenvalue weighted by Crippen LogP contribution is 2.35. The molecular weight excluding hydrogens is 357 g/mol. The van der Waals surface area contributed by atoms with Gasteiger partial charge in [0.2, 0.25) is 0 Å². The average Bonchev–Trinajstić information content (AvgIpc) is 2.52. The Labute approximate surface area is 134 Å². The number of halogens is 3. The number of aromatic nitrogens is 2. The third kappa shape index (κ3) is 2.36. The minimum atomic E-state index is -0.511. The normalized spacial score (nSPS) is 10.9. The number of nitrogens with one attached hydrogen (secondary N) is 1. The Balaban J connectivity index is 2.34. The summed E-state index contributed by atoms with van der Waals surface area (Å²) >= 11 is 9.17. The second-order valence-electron chi connectivity index (χ2n) is 4.42. The number of fused-ring (bicyclic) bond motifs is 1. The fourth-order valence-electron chi connectivity index (χ4n) is 2.20. The SMILES string of the molecule is CNc1nnc(-c2ccc(Br)c(Cl)c2F)c2ccccc12. The smallest absolute Gasteiger partial charge is 0.156 e. The zero-order valence-corrected chi connectivity index (χ0v) is 13.3. The maximum absolute atomic E-state index is 14.4. The number of nitrogens with zero attached hydrogens (tertiary/aromatic N) is 2. The van der Waals surface area contributed by atoms with Crippen molar-refractivity contribution >= 4 is 44.1 Å². The average molecular weight is 367 g/mol. The van der Waals surface area contributed by atoms with E-state index >= 15 is 0 Å². The summed E-state index contributed by atoms with van der Waals surface area (Å²) in [5, 5.41) is 13.0. The molecule has 0 aliphatic heterocycles. The Kier molecular flexibility index (Phi) is 3.78. The van der Waals surface area contributed by atoms with Crippen molar-refractivity contribution < 1.29 is 4.39 Å². The van der Waals surface area contributed by atoms with E-state index in [0.29, 0.717) is 21.5 Å². The fraction of sp³-hybridized carbons (Fsp3) is 0.0667. The third-order valence-electron chi connectivity index (χ3n) is 3.21. The summed E-state index contributed by atoms with van der Waals surface area (Å²) in [5.41, 5.74) is 0.797. The first-order valence-corrected chi connectivity index (χ1v) is 7.37. The molecule has 0 aliphatic rings. The molecule has 0 unspecified atom stereocenters. The monoisotopic (exact) mass is 365 g/mol. The van der Waals surface area contributed by atoms with Crippen LogP contribution in [0.25, 0.3) is 22.0 Å². The van der Waals surface area contributed by atoms with Crippen molar-refractivity contribution in [2.24, 2.45) is 0 Å². The second kappa shape index (κ2) is 5.58. The predicted molar refractivity (Wildman–Crippen MR) is 87.2 cm³/mol. The van der Waals surface area contributed by atoms with Gasteiger partial charge in [-0.25, -0.2) is 4.39 Å². The maximum Gasteiger partial charge on any atom is 0.156 e. The number of anilines is 1. The van der Waals surface area contributed by atoms with Crippen molar-refractivity contribution in [1.82, 2.24) is 10.2 Å². The van der Waals surface area contributed by atoms with Crippen LogP contribution in [-0.2, 0) is 0 Å². The molecule has 6 heteroatoms. The Hall–Kier alpha value is -1.72. The minimum absolute atomic E-state index is 0.0380. The minimum Gasteiger partial charge on any atom is -0.371 e. The van der Waals surface area contributed by atoms with Gasteiger partial charge in [-0.1, -0.05) is 35.9 Å². The van der Waals surface area contributed by atoms with Gasteiger partial charge in [-0.15, -0.1) is 10.2 Å². The molecule has 0 saturated carbocycles. The molecule has 0 fully saturated rings. The summed E-state index contributed by atoms with van der Waals surface area (Å²) in [7, 11) is 1.77. The van der Waals surface area contributed by atoms with Gasteiger partial charge >= 0.3 is 0 Å². The van der Waals surface area contributed by atoms with Gasteiger partial charge in [0.15, 0.2) is 11.6 Å². The lowest BCUT2D eigenvalue weighted by Gasteiger charge is -2.10. The predicted octanol–water partition coefficient (Wildman–Crippen LogP) is 4.89. The largest absolute Gasteiger partial charge is 0.371 e. The first kappa shape index (κ1) is 14.2. The van der Waals surface area contributed by atoms with Gasteiger partial charge < -0.3 is 5.32 Å². The highest BCUT2D eigenvalue weighted by molar-refractivity contribution is 9.10. The van der Waals surface area contributed by atoms with Crippen LogP contribution in [0.15, 0.2) is 40.9 Å². The quantitative estimate of drug-likeness (QED) is 0.656. The van der Waals surface area contributed by atoms with Crippen LogP contribution in [0, 0.1) is 5.82 Å². The zero-order chi connectivity index (χ0) is 15.0. The van der Waals surface area contributed by atoms with E-state index in [1.165, 1.54) is 0 Å². The Bertz CT molecular complexity index is 839. The molecule has 1 aromatic heterocycles. The first-order chi connectivity index (χ1) is 10.1. The number of hydrogen-bond donors (Lipinski definition) is 1. The summed E-state index contributed by atoms with van der Waals surface area (Å²) < 4.78 is 14.9. The molecule has 3 rings (SSSR count). The Morgan fingerprint density at radius 1 is 1.10 bits per heavy atom. The van der Waals surface area contributed by atoms with Crippen LogP contribution >= 0.6 is 27.5 Å². The summed E-state index contributed by atoms with van der Waals surface area (Å²) in [6, 6.07) is 10.9. The lowest BCUT2D eigenvalue weighted by molar-refractivity contribution is 0.630. The number of benzene rings is 2. The summed E-state index contributed by atoms with van der Waals surface area (Å²) in [6.45, 7) is 0. The molecule has 0 aliphatic carbocycles. The fourth-order valence-corrected chi connectivity index (χ4v) is 2.67. The van der Waals surface area contributed by atoms with Crippen LogP contribution < -0.4 is 5.32 Å². The molecule has 21 heavy (non-hydrogen) atoms. The molecule has 0 spiro atoms. The first-order valence-electron chi connectivity index (χ1n) is 6.20. The lowest BCUT2D eigenvalue weighted by atomic mass is 10.0. The molecular formula is C15H10BrClFN3. The van der Waals surface area contributed by atoms with Gasteiger partial charge in [0.1, 0.15) is 5.69 Å². The summed E-state index contributed by atoms with van der Waals surface area (Å²) in [4.78, 5) is 0. The number of hydrogen-bond acceptors (Lipinski definition) is 3. The van der Waals surface area contributed by atoms with Crippen LogP contribution in [0.5, 0.6) is 0 Å². The van der Waals surface area contributed by atoms with E-state index in [0.717, 1.165) is 10.8 Å². The molecule has 0 atom stereocenters. The third-order valence-corrected chi connectivity index (χ3v) is 4.47. The van der Waals surface area contributed by atoms with Crippen LogP contribution in [-0.4, -0.2) is 17.2 Å². The molecule has 106 valence electrons. The molecule has 0 amide bonds. The molecule has 0 saturated heterocycles. The molecule has 3 aromatic rings. The van der Waals surface area contributed by atoms with Crippen molar-refractivity contribution in [3.8, 4) is 11.3 Å². The van der Waals surface area contributed by atoms with Gasteiger partial charge in [0.25, 0.3) is 0 Å². The van der Waals surface area contributed by atoms with Gasteiger partial charge in [-0.05, 0) is 28.1 Å². The van der Waals surface area contributed by atoms with Crippen molar-refractivity contribution in [3.63, 3.8) is 0 Å². The highest BCUT2D eigenvalue weighted by atomic mass is 79.9. The molecule has 0 bridgehead atoms. The lowest BCUT2D eigenvalue weighted by Crippen LogP contribution is -1.99. The molecule has 0 radical (unpaired) electrons. The van der Waals surface area contributed by atoms with E-state index < -0.39 is 5.82 Å². The van der Waals surface area contributed by atoms with E-state index in [-0.39, 0.29) is 5.02 Å². The van der Waals surface area contributed by atoms with Crippen LogP contribution in [0.2, 0.25) is 5.02 Å². The van der Waals surface area contributed by atoms with Crippen LogP contribution in [0.4, 0.5) is 10.2 Å². The van der Waals surface area contributed by atoms with Crippen LogP contribution in [0.3, 0.4) is 0 Å². The highest BCUT2D eigenvalue weighted by Gasteiger charge is 2.16. The van der Waals surface area contributed by atoms with E-state index in [1.54, 1.807) is 19.2 Å². The Morgan fingerprint density at radius 2 is 1.81 bits per heavy atom. The summed E-state index contributed by atoms with van der Waals surface area (Å²) in [5.74, 6) is 0.140. The van der Waals surface area contributed by atoms with E-state index in [9.17, 15) is 4.39 Å². The van der Waals surface area contributed by atoms with E-state index in [2.05, 4.69) is 31.4 Å². The maximum atomic E-state index is 14.4. The van der Waals surface area contributed by atoms with Gasteiger partial charge in [-0.2, -0.15) is 0 Å². The topological polar surface area (TPSA) is 37.8 Å². The molecule has 3 nitrogen and oxygen atoms in total. The standard InChI is InChI=1S/C15H10BrClFN3/c1-19-15-9-5-3-2-4-8(9)14(20-21-15)10-6-7-11(16)12(17)13(10)18/h2-7H,1H3,(H,19,21). The summed E-state index contributed by atoms with van der Waals surface area (Å²) in [6.07, 6.45) is 0. The van der Waals surface area contributed by atoms with E-state index in [4.69, 9.17) is 11.6 Å². The van der Waals surface area contributed by atoms with Crippen LogP contribution in [0.1, 0.15) is 0 Å². The zero-order valence-electron chi connectivity index (χ0n) is 11.0. The van der Waals surface area contributed by atoms with Gasteiger partial charge in [0.05, 0.1) is 5.02 Å². The molecule has 1 N–H and O–H groups in total. The van der Waals surface area contributed by atoms with Gasteiger partial charge in [-0.3, -0.25) is 0 Å². The molecule has 2 aromatic carbocycles. The van der Waals surface area contributed by atoms with E-state index in [1.807, 2.05) is 24.3 Å². The molecule has 1 heterocycles. The van der Waals surface area contributed by atoms with Gasteiger partial charge in [0, 0.05) is 27.9 Å².